The highest BCUT2D eigenvalue weighted by Crippen LogP contribution is 2.61. The van der Waals surface area contributed by atoms with Gasteiger partial charge >= 0.3 is 0 Å². The number of halogens is 2. The number of alkyl halides is 2. The molecule has 4 heteroatoms. The minimum Gasteiger partial charge on any atom is -0.203 e. The molecule has 3 atom stereocenters. The van der Waals surface area contributed by atoms with Gasteiger partial charge in [-0.3, -0.25) is 0 Å². The van der Waals surface area contributed by atoms with E-state index in [-0.39, 0.29) is 10.3 Å². The van der Waals surface area contributed by atoms with Crippen LogP contribution in [0.5, 0.6) is 0 Å². The maximum absolute atomic E-state index is 12.9. The van der Waals surface area contributed by atoms with Crippen LogP contribution in [-0.4, -0.2) is 19.2 Å². The summed E-state index contributed by atoms with van der Waals surface area (Å²) in [6.45, 7) is 0. The molecule has 2 saturated carbocycles. The largest absolute Gasteiger partial charge is 0.285 e. The molecule has 0 N–H and O–H groups in total. The molecule has 0 bridgehead atoms. The number of para-hydroxylation sites is 1. The zero-order valence-corrected chi connectivity index (χ0v) is 12.0. The molecule has 1 aliphatic heterocycles. The Balaban J connectivity index is 1.68. The standard InChI is InChI=1S/C17H19F2N2/c1-21(9-8-15(20-21)17(18)19)16-5-3-2-4-12(16)14-10-13(14)11-6-7-11/h2-5,8-9,11,13-14,17H,6-7,10H2,1H3/q+1/t13-,14+,21?/m0/s1. The van der Waals surface area contributed by atoms with Gasteiger partial charge in [-0.2, -0.15) is 0 Å². The summed E-state index contributed by atoms with van der Waals surface area (Å²) in [6.07, 6.45) is 4.68. The summed E-state index contributed by atoms with van der Waals surface area (Å²) in [5.41, 5.74) is 2.21. The maximum atomic E-state index is 12.9. The van der Waals surface area contributed by atoms with E-state index in [2.05, 4.69) is 11.2 Å². The maximum Gasteiger partial charge on any atom is 0.285 e. The average Bonchev–Trinajstić information content (AvgIpc) is 3.35. The molecule has 4 rings (SSSR count). The fourth-order valence-corrected chi connectivity index (χ4v) is 3.61. The molecule has 0 amide bonds. The molecule has 3 aliphatic rings. The summed E-state index contributed by atoms with van der Waals surface area (Å²) < 4.78 is 25.8. The highest BCUT2D eigenvalue weighted by Gasteiger charge is 2.50. The quantitative estimate of drug-likeness (QED) is 0.733. The lowest BCUT2D eigenvalue weighted by Crippen LogP contribution is -2.32. The van der Waals surface area contributed by atoms with Crippen LogP contribution in [0.25, 0.3) is 0 Å². The van der Waals surface area contributed by atoms with E-state index in [1.807, 2.05) is 25.2 Å². The first-order chi connectivity index (χ1) is 10.1. The van der Waals surface area contributed by atoms with Gasteiger partial charge in [-0.05, 0) is 37.0 Å². The molecule has 1 aromatic rings. The van der Waals surface area contributed by atoms with Crippen molar-refractivity contribution < 1.29 is 8.78 Å². The topological polar surface area (TPSA) is 12.4 Å². The van der Waals surface area contributed by atoms with Crippen molar-refractivity contribution >= 4 is 11.4 Å². The predicted octanol–water partition coefficient (Wildman–Crippen LogP) is 4.29. The fourth-order valence-electron chi connectivity index (χ4n) is 3.61. The summed E-state index contributed by atoms with van der Waals surface area (Å²) in [7, 11) is 1.87. The molecular formula is C17H19F2N2+. The lowest BCUT2D eigenvalue weighted by Gasteiger charge is -2.23. The van der Waals surface area contributed by atoms with E-state index >= 15 is 0 Å². The van der Waals surface area contributed by atoms with Crippen LogP contribution in [0, 0.1) is 11.8 Å². The van der Waals surface area contributed by atoms with Gasteiger partial charge in [0.1, 0.15) is 13.2 Å². The lowest BCUT2D eigenvalue weighted by atomic mass is 10.0. The van der Waals surface area contributed by atoms with Gasteiger partial charge in [0.2, 0.25) is 0 Å². The van der Waals surface area contributed by atoms with Gasteiger partial charge in [0.15, 0.2) is 11.4 Å². The molecule has 0 radical (unpaired) electrons. The van der Waals surface area contributed by atoms with Crippen LogP contribution in [-0.2, 0) is 0 Å². The van der Waals surface area contributed by atoms with Crippen molar-refractivity contribution in [1.29, 1.82) is 0 Å². The second-order valence-electron chi connectivity index (χ2n) is 6.57. The van der Waals surface area contributed by atoms with Gasteiger partial charge < -0.3 is 0 Å². The van der Waals surface area contributed by atoms with Crippen LogP contribution in [0.2, 0.25) is 0 Å². The Morgan fingerprint density at radius 3 is 2.67 bits per heavy atom. The minimum absolute atomic E-state index is 0.115. The van der Waals surface area contributed by atoms with Crippen molar-refractivity contribution in [3.05, 3.63) is 42.1 Å². The third-order valence-electron chi connectivity index (χ3n) is 4.97. The first-order valence-electron chi connectivity index (χ1n) is 7.62. The van der Waals surface area contributed by atoms with Gasteiger partial charge in [0, 0.05) is 17.7 Å². The van der Waals surface area contributed by atoms with E-state index in [0.29, 0.717) is 5.92 Å². The molecule has 2 aliphatic carbocycles. The SMILES string of the molecule is C[N+]1(c2ccccc2[C@H]2C[C@H]2C2CC2)C=CC(C(F)F)=N1. The number of hydrogen-bond acceptors (Lipinski definition) is 1. The Kier molecular flexibility index (Phi) is 2.80. The Bertz CT molecular complexity index is 633. The zero-order valence-electron chi connectivity index (χ0n) is 12.0. The van der Waals surface area contributed by atoms with Gasteiger partial charge in [-0.25, -0.2) is 8.78 Å². The minimum atomic E-state index is -2.51. The molecule has 21 heavy (non-hydrogen) atoms. The summed E-state index contributed by atoms with van der Waals surface area (Å²) in [4.78, 5) is 0. The third kappa shape index (κ3) is 2.22. The molecule has 1 heterocycles. The summed E-state index contributed by atoms with van der Waals surface area (Å²) in [6, 6.07) is 8.20. The molecule has 0 aromatic heterocycles. The van der Waals surface area contributed by atoms with Crippen LogP contribution >= 0.6 is 0 Å². The van der Waals surface area contributed by atoms with Crippen LogP contribution in [0.4, 0.5) is 14.5 Å². The highest BCUT2D eigenvalue weighted by atomic mass is 19.3. The molecule has 0 spiro atoms. The second-order valence-corrected chi connectivity index (χ2v) is 6.57. The van der Waals surface area contributed by atoms with Crippen LogP contribution < -0.4 is 4.59 Å². The van der Waals surface area contributed by atoms with E-state index in [1.165, 1.54) is 30.9 Å². The Hall–Kier alpha value is -1.55. The molecule has 110 valence electrons. The molecule has 0 saturated heterocycles. The van der Waals surface area contributed by atoms with Crippen molar-refractivity contribution in [3.63, 3.8) is 0 Å². The van der Waals surface area contributed by atoms with E-state index in [9.17, 15) is 8.78 Å². The third-order valence-corrected chi connectivity index (χ3v) is 4.97. The molecular weight excluding hydrogens is 270 g/mol. The van der Waals surface area contributed by atoms with Gasteiger partial charge in [-0.15, -0.1) is 4.59 Å². The Morgan fingerprint density at radius 2 is 2.00 bits per heavy atom. The Labute approximate surface area is 123 Å². The van der Waals surface area contributed by atoms with Gasteiger partial charge in [0.25, 0.3) is 6.43 Å². The van der Waals surface area contributed by atoms with Crippen LogP contribution in [0.15, 0.2) is 41.6 Å². The average molecular weight is 289 g/mol. The first kappa shape index (κ1) is 13.1. The lowest BCUT2D eigenvalue weighted by molar-refractivity contribution is 0.225. The summed E-state index contributed by atoms with van der Waals surface area (Å²) >= 11 is 0. The smallest absolute Gasteiger partial charge is 0.203 e. The van der Waals surface area contributed by atoms with E-state index in [4.69, 9.17) is 0 Å². The van der Waals surface area contributed by atoms with Crippen molar-refractivity contribution in [2.24, 2.45) is 16.9 Å². The van der Waals surface area contributed by atoms with Crippen molar-refractivity contribution in [1.82, 2.24) is 4.59 Å². The Morgan fingerprint density at radius 1 is 1.24 bits per heavy atom. The van der Waals surface area contributed by atoms with Gasteiger partial charge in [0.05, 0.1) is 0 Å². The van der Waals surface area contributed by atoms with E-state index in [0.717, 1.165) is 17.5 Å². The number of nitrogens with zero attached hydrogens (tertiary/aromatic N) is 2. The number of hydrogen-bond donors (Lipinski definition) is 0. The number of rotatable bonds is 4. The molecule has 2 fully saturated rings. The molecule has 2 nitrogen and oxygen atoms in total. The number of benzene rings is 1. The zero-order chi connectivity index (χ0) is 14.6. The van der Waals surface area contributed by atoms with Crippen LogP contribution in [0.1, 0.15) is 30.7 Å². The van der Waals surface area contributed by atoms with Crippen molar-refractivity contribution in [2.45, 2.75) is 31.6 Å². The van der Waals surface area contributed by atoms with Crippen LogP contribution in [0.3, 0.4) is 0 Å². The second kappa shape index (κ2) is 4.47. The van der Waals surface area contributed by atoms with E-state index in [1.54, 1.807) is 6.20 Å². The van der Waals surface area contributed by atoms with Crippen molar-refractivity contribution in [3.8, 4) is 0 Å². The molecule has 1 aromatic carbocycles. The number of allylic oxidation sites excluding steroid dienone is 1. The first-order valence-corrected chi connectivity index (χ1v) is 7.62. The monoisotopic (exact) mass is 289 g/mol. The number of quaternary nitrogens is 1. The summed E-state index contributed by atoms with van der Waals surface area (Å²) in [5, 5.41) is 4.24. The fraction of sp³-hybridized carbons (Fsp3) is 0.471. The summed E-state index contributed by atoms with van der Waals surface area (Å²) in [5.74, 6) is 2.31. The normalized spacial score (nSPS) is 34.4. The van der Waals surface area contributed by atoms with E-state index < -0.39 is 6.43 Å². The van der Waals surface area contributed by atoms with Crippen molar-refractivity contribution in [2.75, 3.05) is 7.05 Å². The predicted molar refractivity (Wildman–Crippen MR) is 80.3 cm³/mol. The molecule has 1 unspecified atom stereocenters. The van der Waals surface area contributed by atoms with Gasteiger partial charge in [-0.1, -0.05) is 23.3 Å². The highest BCUT2D eigenvalue weighted by molar-refractivity contribution is 5.99.